The second-order valence-electron chi connectivity index (χ2n) is 16.7. The summed E-state index contributed by atoms with van der Waals surface area (Å²) in [7, 11) is 0. The Hall–Kier alpha value is -7.12. The predicted molar refractivity (Wildman–Crippen MR) is 243 cm³/mol. The summed E-state index contributed by atoms with van der Waals surface area (Å²) >= 11 is 0. The van der Waals surface area contributed by atoms with Crippen molar-refractivity contribution in [2.45, 2.75) is 47.0 Å². The number of fused-ring (bicyclic) bond motifs is 4. The molecular formula is C52H45N7. The fourth-order valence-electron chi connectivity index (χ4n) is 8.21. The van der Waals surface area contributed by atoms with Gasteiger partial charge < -0.3 is 9.80 Å². The van der Waals surface area contributed by atoms with Gasteiger partial charge in [-0.15, -0.1) is 0 Å². The normalized spacial score (nSPS) is 12.8. The summed E-state index contributed by atoms with van der Waals surface area (Å²) in [5.41, 5.74) is 14.5. The highest BCUT2D eigenvalue weighted by atomic mass is 15.4. The molecule has 0 unspecified atom stereocenters. The van der Waals surface area contributed by atoms with Gasteiger partial charge in [-0.05, 0) is 104 Å². The minimum atomic E-state index is -0.0232. The molecule has 1 aliphatic heterocycles. The van der Waals surface area contributed by atoms with Crippen LogP contribution in [0.4, 0.5) is 22.7 Å². The van der Waals surface area contributed by atoms with Gasteiger partial charge in [0.25, 0.3) is 0 Å². The molecule has 3 aromatic heterocycles. The largest absolute Gasteiger partial charge is 0.321 e. The molecule has 7 heteroatoms. The molecule has 9 aromatic rings. The molecule has 0 bridgehead atoms. The van der Waals surface area contributed by atoms with Crippen LogP contribution in [0.15, 0.2) is 152 Å². The smallest absolute Gasteiger partial charge is 0.164 e. The van der Waals surface area contributed by atoms with E-state index in [0.29, 0.717) is 24.1 Å². The van der Waals surface area contributed by atoms with Crippen molar-refractivity contribution in [1.29, 1.82) is 0 Å². The van der Waals surface area contributed by atoms with Crippen LogP contribution in [0.2, 0.25) is 0 Å². The summed E-state index contributed by atoms with van der Waals surface area (Å²) in [4.78, 5) is 25.2. The Bertz CT molecular complexity index is 3050. The summed E-state index contributed by atoms with van der Waals surface area (Å²) in [5, 5.41) is 2.32. The molecule has 7 nitrogen and oxygen atoms in total. The van der Waals surface area contributed by atoms with Crippen LogP contribution in [0, 0.1) is 20.8 Å². The predicted octanol–water partition coefficient (Wildman–Crippen LogP) is 12.8. The van der Waals surface area contributed by atoms with E-state index >= 15 is 0 Å². The summed E-state index contributed by atoms with van der Waals surface area (Å²) in [5.74, 6) is 2.73. The number of anilines is 4. The molecule has 0 saturated carbocycles. The van der Waals surface area contributed by atoms with Crippen molar-refractivity contribution in [2.24, 2.45) is 0 Å². The van der Waals surface area contributed by atoms with Crippen molar-refractivity contribution in [3.05, 3.63) is 174 Å². The summed E-state index contributed by atoms with van der Waals surface area (Å²) < 4.78 is 2.27. The Morgan fingerprint density at radius 1 is 0.492 bits per heavy atom. The molecule has 1 aliphatic rings. The first-order chi connectivity index (χ1) is 28.6. The summed E-state index contributed by atoms with van der Waals surface area (Å²) in [6.07, 6.45) is 1.92. The van der Waals surface area contributed by atoms with E-state index in [9.17, 15) is 0 Å². The standard InChI is InChI=1S/C52H45N7/c1-33-19-22-40(23-20-33)57-32-58(47-28-35(3)34(2)27-46(47)57)41-16-12-15-37(29-41)50-54-49(36-13-8-7-9-14-36)55-51(56-50)38-21-24-43-42-17-10-11-18-44(42)59(45(43)30-38)48-31-39(25-26-53-48)52(4,5)6/h7-31H,32H2,1-6H3. The average Bonchev–Trinajstić information content (AvgIpc) is 3.79. The number of nitrogens with zero attached hydrogens (tertiary/aromatic N) is 7. The van der Waals surface area contributed by atoms with Gasteiger partial charge in [-0.1, -0.05) is 111 Å². The molecule has 0 N–H and O–H groups in total. The van der Waals surface area contributed by atoms with Gasteiger partial charge in [0, 0.05) is 45.0 Å². The van der Waals surface area contributed by atoms with E-state index in [1.54, 1.807) is 0 Å². The average molecular weight is 768 g/mol. The van der Waals surface area contributed by atoms with Crippen LogP contribution in [-0.4, -0.2) is 31.2 Å². The molecule has 4 heterocycles. The lowest BCUT2D eigenvalue weighted by molar-refractivity contribution is 0.588. The van der Waals surface area contributed by atoms with Crippen LogP contribution in [0.1, 0.15) is 43.0 Å². The monoisotopic (exact) mass is 767 g/mol. The first-order valence-electron chi connectivity index (χ1n) is 20.2. The van der Waals surface area contributed by atoms with Gasteiger partial charge in [0.2, 0.25) is 0 Å². The molecule has 0 amide bonds. The third-order valence-electron chi connectivity index (χ3n) is 11.7. The van der Waals surface area contributed by atoms with Gasteiger partial charge in [-0.25, -0.2) is 19.9 Å². The molecule has 0 radical (unpaired) electrons. The van der Waals surface area contributed by atoms with Gasteiger partial charge >= 0.3 is 0 Å². The Labute approximate surface area is 345 Å². The zero-order valence-electron chi connectivity index (χ0n) is 34.3. The third-order valence-corrected chi connectivity index (χ3v) is 11.7. The summed E-state index contributed by atoms with van der Waals surface area (Å²) in [6, 6.07) is 51.6. The molecule has 0 saturated heterocycles. The van der Waals surface area contributed by atoms with Gasteiger partial charge in [0.15, 0.2) is 17.5 Å². The first kappa shape index (κ1) is 36.2. The van der Waals surface area contributed by atoms with Gasteiger partial charge in [0.05, 0.1) is 22.4 Å². The molecular weight excluding hydrogens is 723 g/mol. The fraction of sp³-hybridized carbons (Fsp3) is 0.154. The maximum atomic E-state index is 5.24. The summed E-state index contributed by atoms with van der Waals surface area (Å²) in [6.45, 7) is 13.9. The number of rotatable bonds is 6. The number of pyridine rings is 1. The van der Waals surface area contributed by atoms with Crippen LogP contribution in [-0.2, 0) is 5.41 Å². The maximum absolute atomic E-state index is 5.24. The van der Waals surface area contributed by atoms with Gasteiger partial charge in [0.1, 0.15) is 12.5 Å². The Kier molecular flexibility index (Phi) is 8.64. The zero-order valence-corrected chi connectivity index (χ0v) is 34.3. The van der Waals surface area contributed by atoms with Gasteiger partial charge in [-0.2, -0.15) is 0 Å². The third kappa shape index (κ3) is 6.49. The number of hydrogen-bond donors (Lipinski definition) is 0. The van der Waals surface area contributed by atoms with Crippen LogP contribution in [0.25, 0.3) is 61.8 Å². The number of para-hydroxylation sites is 1. The second kappa shape index (κ2) is 14.1. The highest BCUT2D eigenvalue weighted by molar-refractivity contribution is 6.10. The molecule has 59 heavy (non-hydrogen) atoms. The van der Waals surface area contributed by atoms with E-state index in [0.717, 1.165) is 44.6 Å². The first-order valence-corrected chi connectivity index (χ1v) is 20.2. The van der Waals surface area contributed by atoms with E-state index in [1.807, 2.05) is 24.4 Å². The van der Waals surface area contributed by atoms with E-state index in [-0.39, 0.29) is 5.41 Å². The minimum Gasteiger partial charge on any atom is -0.321 e. The van der Waals surface area contributed by atoms with Crippen molar-refractivity contribution >= 4 is 44.6 Å². The lowest BCUT2D eigenvalue weighted by Gasteiger charge is -2.22. The number of aryl methyl sites for hydroxylation is 3. The lowest BCUT2D eigenvalue weighted by Crippen LogP contribution is -2.23. The molecule has 10 rings (SSSR count). The number of benzene rings is 6. The van der Waals surface area contributed by atoms with Gasteiger partial charge in [-0.3, -0.25) is 4.57 Å². The maximum Gasteiger partial charge on any atom is 0.164 e. The fourth-order valence-corrected chi connectivity index (χ4v) is 8.21. The van der Waals surface area contributed by atoms with E-state index in [2.05, 4.69) is 183 Å². The zero-order chi connectivity index (χ0) is 40.4. The van der Waals surface area contributed by atoms with Crippen LogP contribution >= 0.6 is 0 Å². The van der Waals surface area contributed by atoms with Crippen molar-refractivity contribution in [2.75, 3.05) is 16.5 Å². The van der Waals surface area contributed by atoms with Crippen LogP contribution in [0.5, 0.6) is 0 Å². The highest BCUT2D eigenvalue weighted by Gasteiger charge is 2.29. The van der Waals surface area contributed by atoms with Crippen molar-refractivity contribution in [1.82, 2.24) is 24.5 Å². The van der Waals surface area contributed by atoms with E-state index in [1.165, 1.54) is 44.7 Å². The minimum absolute atomic E-state index is 0.0232. The Morgan fingerprint density at radius 2 is 1.10 bits per heavy atom. The SMILES string of the molecule is Cc1ccc(N2CN(c3cccc(-c4nc(-c5ccccc5)nc(-c5ccc6c7ccccc7n(-c7cc(C(C)(C)C)ccn7)c6c5)n4)c3)c3cc(C)c(C)cc32)cc1. The van der Waals surface area contributed by atoms with Crippen LogP contribution < -0.4 is 9.80 Å². The van der Waals surface area contributed by atoms with E-state index in [4.69, 9.17) is 19.9 Å². The molecule has 288 valence electrons. The molecule has 0 atom stereocenters. The molecule has 0 aliphatic carbocycles. The number of aromatic nitrogens is 5. The topological polar surface area (TPSA) is 63.0 Å². The van der Waals surface area contributed by atoms with Crippen molar-refractivity contribution < 1.29 is 0 Å². The molecule has 6 aromatic carbocycles. The Morgan fingerprint density at radius 3 is 1.81 bits per heavy atom. The second-order valence-corrected chi connectivity index (χ2v) is 16.7. The molecule has 0 spiro atoms. The quantitative estimate of drug-likeness (QED) is 0.168. The Balaban J connectivity index is 1.11. The van der Waals surface area contributed by atoms with Crippen molar-refractivity contribution in [3.8, 4) is 40.0 Å². The highest BCUT2D eigenvalue weighted by Crippen LogP contribution is 2.46. The lowest BCUT2D eigenvalue weighted by atomic mass is 9.88. The van der Waals surface area contributed by atoms with E-state index < -0.39 is 0 Å². The van der Waals surface area contributed by atoms with Crippen molar-refractivity contribution in [3.63, 3.8) is 0 Å². The number of hydrogen-bond acceptors (Lipinski definition) is 6. The van der Waals surface area contributed by atoms with Crippen LogP contribution in [0.3, 0.4) is 0 Å². The molecule has 0 fully saturated rings.